The Morgan fingerprint density at radius 3 is 2.67 bits per heavy atom. The summed E-state index contributed by atoms with van der Waals surface area (Å²) in [5.41, 5.74) is 3.83. The highest BCUT2D eigenvalue weighted by atomic mass is 16.5. The molecular weight excluding hydrogens is 414 g/mol. The summed E-state index contributed by atoms with van der Waals surface area (Å²) in [5, 5.41) is 6.67. The van der Waals surface area contributed by atoms with Crippen molar-refractivity contribution in [3.05, 3.63) is 59.7 Å². The molecule has 7 nitrogen and oxygen atoms in total. The highest BCUT2D eigenvalue weighted by Gasteiger charge is 2.20. The molecule has 1 fully saturated rings. The summed E-state index contributed by atoms with van der Waals surface area (Å²) in [6.45, 7) is 8.19. The Kier molecular flexibility index (Phi) is 8.06. The molecule has 0 spiro atoms. The van der Waals surface area contributed by atoms with Crippen LogP contribution in [0.3, 0.4) is 0 Å². The second-order valence-corrected chi connectivity index (χ2v) is 8.43. The van der Waals surface area contributed by atoms with E-state index < -0.39 is 0 Å². The first kappa shape index (κ1) is 23.0. The maximum absolute atomic E-state index is 12.7. The van der Waals surface area contributed by atoms with Crippen molar-refractivity contribution in [3.63, 3.8) is 0 Å². The Hall–Kier alpha value is -3.22. The van der Waals surface area contributed by atoms with Crippen LogP contribution in [-0.4, -0.2) is 69.2 Å². The SMILES string of the molecule is CCNC(=NCCC(=O)N1CCN(c2ccccc2)CC1)NCCc1ccc2c(c1)CCO2. The number of hydrogen-bond acceptors (Lipinski definition) is 4. The van der Waals surface area contributed by atoms with Gasteiger partial charge in [-0.2, -0.15) is 0 Å². The molecule has 0 unspecified atom stereocenters. The van der Waals surface area contributed by atoms with Crippen molar-refractivity contribution < 1.29 is 9.53 Å². The number of ether oxygens (including phenoxy) is 1. The van der Waals surface area contributed by atoms with Gasteiger partial charge in [-0.15, -0.1) is 0 Å². The fourth-order valence-corrected chi connectivity index (χ4v) is 4.34. The van der Waals surface area contributed by atoms with E-state index in [1.54, 1.807) is 0 Å². The van der Waals surface area contributed by atoms with E-state index in [1.807, 2.05) is 11.0 Å². The summed E-state index contributed by atoms with van der Waals surface area (Å²) >= 11 is 0. The van der Waals surface area contributed by atoms with E-state index in [2.05, 4.69) is 69.9 Å². The maximum atomic E-state index is 12.7. The van der Waals surface area contributed by atoms with Gasteiger partial charge in [-0.05, 0) is 42.7 Å². The summed E-state index contributed by atoms with van der Waals surface area (Å²) in [4.78, 5) is 21.6. The van der Waals surface area contributed by atoms with Crippen molar-refractivity contribution in [2.75, 3.05) is 57.3 Å². The van der Waals surface area contributed by atoms with E-state index >= 15 is 0 Å². The number of carbonyl (C=O) groups is 1. The van der Waals surface area contributed by atoms with Crippen molar-refractivity contribution in [2.45, 2.75) is 26.2 Å². The molecule has 176 valence electrons. The minimum Gasteiger partial charge on any atom is -0.493 e. The van der Waals surface area contributed by atoms with Gasteiger partial charge in [-0.3, -0.25) is 9.79 Å². The molecule has 2 aliphatic rings. The standard InChI is InChI=1S/C26H35N5O2/c1-2-27-26(28-13-10-21-8-9-24-22(20-21)12-19-33-24)29-14-11-25(32)31-17-15-30(16-18-31)23-6-4-3-5-7-23/h3-9,20H,2,10-19H2,1H3,(H2,27,28,29). The molecule has 0 aromatic heterocycles. The van der Waals surface area contributed by atoms with Crippen LogP contribution in [-0.2, 0) is 17.6 Å². The van der Waals surface area contributed by atoms with E-state index in [9.17, 15) is 4.79 Å². The van der Waals surface area contributed by atoms with Crippen LogP contribution in [0.2, 0.25) is 0 Å². The van der Waals surface area contributed by atoms with Crippen LogP contribution >= 0.6 is 0 Å². The lowest BCUT2D eigenvalue weighted by atomic mass is 10.1. The Balaban J connectivity index is 1.19. The minimum atomic E-state index is 0.183. The fraction of sp³-hybridized carbons (Fsp3) is 0.462. The minimum absolute atomic E-state index is 0.183. The van der Waals surface area contributed by atoms with Gasteiger partial charge in [0.05, 0.1) is 13.2 Å². The van der Waals surface area contributed by atoms with Crippen molar-refractivity contribution in [3.8, 4) is 5.75 Å². The molecule has 2 aromatic rings. The summed E-state index contributed by atoms with van der Waals surface area (Å²) in [6.07, 6.45) is 2.35. The van der Waals surface area contributed by atoms with Crippen molar-refractivity contribution >= 4 is 17.6 Å². The summed E-state index contributed by atoms with van der Waals surface area (Å²) < 4.78 is 5.58. The number of rotatable bonds is 8. The lowest BCUT2D eigenvalue weighted by molar-refractivity contribution is -0.131. The Bertz CT molecular complexity index is 939. The van der Waals surface area contributed by atoms with Gasteiger partial charge >= 0.3 is 0 Å². The van der Waals surface area contributed by atoms with Crippen LogP contribution in [0.25, 0.3) is 0 Å². The number of piperazine rings is 1. The Morgan fingerprint density at radius 2 is 1.88 bits per heavy atom. The van der Waals surface area contributed by atoms with Crippen molar-refractivity contribution in [1.29, 1.82) is 0 Å². The second-order valence-electron chi connectivity index (χ2n) is 8.43. The van der Waals surface area contributed by atoms with Gasteiger partial charge in [0, 0.05) is 57.8 Å². The molecule has 2 heterocycles. The Morgan fingerprint density at radius 1 is 1.06 bits per heavy atom. The first-order valence-corrected chi connectivity index (χ1v) is 12.1. The molecule has 0 bridgehead atoms. The highest BCUT2D eigenvalue weighted by molar-refractivity contribution is 5.81. The molecule has 1 amide bonds. The number of aliphatic imine (C=N–C) groups is 1. The number of amides is 1. The quantitative estimate of drug-likeness (QED) is 0.479. The molecule has 0 atom stereocenters. The van der Waals surface area contributed by atoms with Gasteiger partial charge in [0.25, 0.3) is 0 Å². The average Bonchev–Trinajstić information content (AvgIpc) is 3.33. The number of anilines is 1. The van der Waals surface area contributed by atoms with E-state index in [1.165, 1.54) is 16.8 Å². The molecule has 2 aromatic carbocycles. The van der Waals surface area contributed by atoms with Gasteiger partial charge in [-0.25, -0.2) is 0 Å². The third-order valence-electron chi connectivity index (χ3n) is 6.15. The molecule has 0 aliphatic carbocycles. The highest BCUT2D eigenvalue weighted by Crippen LogP contribution is 2.25. The van der Waals surface area contributed by atoms with E-state index in [-0.39, 0.29) is 5.91 Å². The summed E-state index contributed by atoms with van der Waals surface area (Å²) in [7, 11) is 0. The molecule has 1 saturated heterocycles. The number of carbonyl (C=O) groups excluding carboxylic acids is 1. The number of nitrogens with zero attached hydrogens (tertiary/aromatic N) is 3. The molecule has 33 heavy (non-hydrogen) atoms. The largest absolute Gasteiger partial charge is 0.493 e. The monoisotopic (exact) mass is 449 g/mol. The third kappa shape index (κ3) is 6.40. The van der Waals surface area contributed by atoms with Gasteiger partial charge in [0.1, 0.15) is 5.75 Å². The van der Waals surface area contributed by atoms with Crippen LogP contribution in [0.4, 0.5) is 5.69 Å². The first-order chi connectivity index (χ1) is 16.2. The van der Waals surface area contributed by atoms with Crippen LogP contribution in [0.5, 0.6) is 5.75 Å². The number of benzene rings is 2. The van der Waals surface area contributed by atoms with Crippen molar-refractivity contribution in [2.24, 2.45) is 4.99 Å². The topological polar surface area (TPSA) is 69.2 Å². The molecule has 0 saturated carbocycles. The number of guanidine groups is 1. The Labute approximate surface area is 196 Å². The summed E-state index contributed by atoms with van der Waals surface area (Å²) in [6, 6.07) is 16.8. The van der Waals surface area contributed by atoms with Crippen LogP contribution in [0, 0.1) is 0 Å². The zero-order valence-corrected chi connectivity index (χ0v) is 19.6. The predicted octanol–water partition coefficient (Wildman–Crippen LogP) is 2.46. The second kappa shape index (κ2) is 11.6. The zero-order valence-electron chi connectivity index (χ0n) is 19.6. The number of fused-ring (bicyclic) bond motifs is 1. The van der Waals surface area contributed by atoms with Crippen LogP contribution in [0.1, 0.15) is 24.5 Å². The van der Waals surface area contributed by atoms with E-state index in [0.29, 0.717) is 13.0 Å². The molecule has 4 rings (SSSR count). The zero-order chi connectivity index (χ0) is 22.9. The normalized spacial score (nSPS) is 15.7. The van der Waals surface area contributed by atoms with E-state index in [4.69, 9.17) is 4.74 Å². The van der Waals surface area contributed by atoms with Crippen LogP contribution in [0.15, 0.2) is 53.5 Å². The molecule has 7 heteroatoms. The van der Waals surface area contributed by atoms with E-state index in [0.717, 1.165) is 70.4 Å². The van der Waals surface area contributed by atoms with Crippen LogP contribution < -0.4 is 20.3 Å². The van der Waals surface area contributed by atoms with Gasteiger partial charge in [0.15, 0.2) is 5.96 Å². The number of para-hydroxylation sites is 1. The fourth-order valence-electron chi connectivity index (χ4n) is 4.34. The van der Waals surface area contributed by atoms with Gasteiger partial charge in [0.2, 0.25) is 5.91 Å². The number of hydrogen-bond donors (Lipinski definition) is 2. The first-order valence-electron chi connectivity index (χ1n) is 12.1. The molecule has 2 N–H and O–H groups in total. The average molecular weight is 450 g/mol. The summed E-state index contributed by atoms with van der Waals surface area (Å²) in [5.74, 6) is 1.97. The van der Waals surface area contributed by atoms with Crippen molar-refractivity contribution in [1.82, 2.24) is 15.5 Å². The van der Waals surface area contributed by atoms with Gasteiger partial charge < -0.3 is 25.2 Å². The van der Waals surface area contributed by atoms with Gasteiger partial charge in [-0.1, -0.05) is 30.3 Å². The number of nitrogens with one attached hydrogen (secondary N) is 2. The predicted molar refractivity (Wildman–Crippen MR) is 133 cm³/mol. The third-order valence-corrected chi connectivity index (χ3v) is 6.15. The molecular formula is C26H35N5O2. The lowest BCUT2D eigenvalue weighted by Gasteiger charge is -2.36. The molecule has 2 aliphatic heterocycles. The maximum Gasteiger partial charge on any atom is 0.224 e. The molecule has 0 radical (unpaired) electrons. The lowest BCUT2D eigenvalue weighted by Crippen LogP contribution is -2.49. The smallest absolute Gasteiger partial charge is 0.224 e.